The second kappa shape index (κ2) is 10.2. The van der Waals surface area contributed by atoms with Gasteiger partial charge in [-0.3, -0.25) is 0 Å². The zero-order chi connectivity index (χ0) is 27.8. The molecule has 0 radical (unpaired) electrons. The van der Waals surface area contributed by atoms with Gasteiger partial charge in [0.1, 0.15) is 0 Å². The molecule has 1 rings (SSSR count). The molecular weight excluding hydrogens is 532 g/mol. The lowest BCUT2D eigenvalue weighted by Gasteiger charge is -2.32. The van der Waals surface area contributed by atoms with Crippen molar-refractivity contribution in [1.29, 1.82) is 0 Å². The Balaban J connectivity index is 4.49. The molecule has 0 amide bonds. The van der Waals surface area contributed by atoms with E-state index < -0.39 is 103 Å². The van der Waals surface area contributed by atoms with Crippen LogP contribution >= 0.6 is 0 Å². The summed E-state index contributed by atoms with van der Waals surface area (Å²) < 4.78 is 215. The van der Waals surface area contributed by atoms with Gasteiger partial charge >= 0.3 is 30.6 Å². The van der Waals surface area contributed by atoms with E-state index in [0.29, 0.717) is 0 Å². The third-order valence-corrected chi connectivity index (χ3v) is 4.85. The summed E-state index contributed by atoms with van der Waals surface area (Å²) >= 11 is 0. The predicted octanol–water partition coefficient (Wildman–Crippen LogP) is 9.24. The molecule has 0 saturated heterocycles. The van der Waals surface area contributed by atoms with E-state index in [4.69, 9.17) is 0 Å². The quantitative estimate of drug-likeness (QED) is 0.284. The summed E-state index contributed by atoms with van der Waals surface area (Å²) in [4.78, 5) is 0. The summed E-state index contributed by atoms with van der Waals surface area (Å²) in [7, 11) is 0. The first kappa shape index (κ1) is 31.1. The average molecular weight is 548 g/mol. The van der Waals surface area contributed by atoms with Gasteiger partial charge in [-0.05, 0) is 36.0 Å². The van der Waals surface area contributed by atoms with Crippen LogP contribution in [0.4, 0.5) is 70.2 Å². The molecule has 0 spiro atoms. The Labute approximate surface area is 187 Å². The first-order valence-electron chi connectivity index (χ1n) is 9.60. The number of benzene rings is 1. The second-order valence-electron chi connectivity index (χ2n) is 7.48. The van der Waals surface area contributed by atoms with Crippen molar-refractivity contribution in [2.45, 2.75) is 82.5 Å². The van der Waals surface area contributed by atoms with E-state index in [1.54, 1.807) is 0 Å². The van der Waals surface area contributed by atoms with Gasteiger partial charge in [-0.1, -0.05) is 13.3 Å². The molecule has 0 atom stereocenters. The van der Waals surface area contributed by atoms with E-state index in [1.807, 2.05) is 0 Å². The van der Waals surface area contributed by atoms with E-state index >= 15 is 0 Å². The van der Waals surface area contributed by atoms with Gasteiger partial charge < -0.3 is 0 Å². The van der Waals surface area contributed by atoms with E-state index in [2.05, 4.69) is 0 Å². The minimum atomic E-state index is -6.86. The highest BCUT2D eigenvalue weighted by molar-refractivity contribution is 5.56. The zero-order valence-corrected chi connectivity index (χ0v) is 17.4. The van der Waals surface area contributed by atoms with Crippen molar-refractivity contribution in [2.75, 3.05) is 0 Å². The van der Waals surface area contributed by atoms with E-state index in [0.717, 1.165) is 0 Å². The fourth-order valence-corrected chi connectivity index (χ4v) is 3.58. The van der Waals surface area contributed by atoms with Crippen LogP contribution in [0.5, 0.6) is 0 Å². The Morgan fingerprint density at radius 3 is 1.49 bits per heavy atom. The highest BCUT2D eigenvalue weighted by atomic mass is 19.4. The standard InChI is InChI=1S/C19H16F16/c1-2-3-4-8-9(5-6-15(22,23)24)12(17(28,29)19(33,34)35)10(7-16(25,26)27)13(18(30,31)32)11(8)14(20)21/h14H,2-7H2,1H3. The average Bonchev–Trinajstić information content (AvgIpc) is 2.60. The predicted molar refractivity (Wildman–Crippen MR) is 89.1 cm³/mol. The molecule has 16 heteroatoms. The molecule has 0 heterocycles. The molecule has 0 aliphatic heterocycles. The maximum Gasteiger partial charge on any atom is 0.458 e. The minimum Gasteiger partial charge on any atom is -0.205 e. The Hall–Kier alpha value is -1.90. The molecule has 1 aromatic rings. The molecule has 0 saturated carbocycles. The Bertz CT molecular complexity index is 868. The number of rotatable bonds is 8. The summed E-state index contributed by atoms with van der Waals surface area (Å²) in [5.74, 6) is -6.53. The maximum atomic E-state index is 14.5. The van der Waals surface area contributed by atoms with Gasteiger partial charge in [-0.2, -0.15) is 61.5 Å². The molecule has 204 valence electrons. The SMILES string of the molecule is CCCCc1c(CCC(F)(F)F)c(C(F)(F)C(F)(F)F)c(CC(F)(F)F)c(C(F)(F)F)c1C(F)F. The second-order valence-corrected chi connectivity index (χ2v) is 7.48. The molecule has 0 unspecified atom stereocenters. The summed E-state index contributed by atoms with van der Waals surface area (Å²) in [6.45, 7) is 1.28. The number of unbranched alkanes of at least 4 members (excludes halogenated alkanes) is 1. The van der Waals surface area contributed by atoms with E-state index in [1.165, 1.54) is 6.92 Å². The summed E-state index contributed by atoms with van der Waals surface area (Å²) in [6, 6.07) is 0. The molecule has 35 heavy (non-hydrogen) atoms. The van der Waals surface area contributed by atoms with Crippen LogP contribution in [0.2, 0.25) is 0 Å². The van der Waals surface area contributed by atoms with Crippen LogP contribution in [0.25, 0.3) is 0 Å². The first-order chi connectivity index (χ1) is 15.5. The smallest absolute Gasteiger partial charge is 0.205 e. The molecule has 0 aromatic heterocycles. The van der Waals surface area contributed by atoms with Crippen LogP contribution in [-0.2, 0) is 31.4 Å². The molecule has 0 fully saturated rings. The largest absolute Gasteiger partial charge is 0.458 e. The topological polar surface area (TPSA) is 0 Å². The Morgan fingerprint density at radius 2 is 1.14 bits per heavy atom. The van der Waals surface area contributed by atoms with Crippen LogP contribution in [0.1, 0.15) is 66.0 Å². The highest BCUT2D eigenvalue weighted by Gasteiger charge is 2.62. The van der Waals surface area contributed by atoms with Crippen LogP contribution in [0.3, 0.4) is 0 Å². The number of hydrogen-bond donors (Lipinski definition) is 0. The Morgan fingerprint density at radius 1 is 0.629 bits per heavy atom. The summed E-state index contributed by atoms with van der Waals surface area (Å²) in [6.07, 6.45) is -37.8. The van der Waals surface area contributed by atoms with E-state index in [-0.39, 0.29) is 6.42 Å². The van der Waals surface area contributed by atoms with Gasteiger partial charge in [-0.15, -0.1) is 0 Å². The van der Waals surface area contributed by atoms with Crippen molar-refractivity contribution in [3.63, 3.8) is 0 Å². The molecule has 1 aromatic carbocycles. The fourth-order valence-electron chi connectivity index (χ4n) is 3.58. The monoisotopic (exact) mass is 548 g/mol. The summed E-state index contributed by atoms with van der Waals surface area (Å²) in [5, 5.41) is 0. The van der Waals surface area contributed by atoms with Crippen LogP contribution in [-0.4, -0.2) is 18.5 Å². The lowest BCUT2D eigenvalue weighted by atomic mass is 9.79. The summed E-state index contributed by atoms with van der Waals surface area (Å²) in [5.41, 5.74) is -14.9. The van der Waals surface area contributed by atoms with Gasteiger partial charge in [0.15, 0.2) is 0 Å². The number of hydrogen-bond acceptors (Lipinski definition) is 0. The van der Waals surface area contributed by atoms with Crippen LogP contribution in [0, 0.1) is 0 Å². The number of alkyl halides is 16. The van der Waals surface area contributed by atoms with Gasteiger partial charge in [-0.25, -0.2) is 8.78 Å². The number of halogens is 16. The molecule has 0 nitrogen and oxygen atoms in total. The van der Waals surface area contributed by atoms with Crippen molar-refractivity contribution in [3.8, 4) is 0 Å². The molecule has 0 aliphatic rings. The maximum absolute atomic E-state index is 14.5. The molecule has 0 bridgehead atoms. The van der Waals surface area contributed by atoms with Crippen molar-refractivity contribution >= 4 is 0 Å². The Kier molecular flexibility index (Phi) is 9.10. The van der Waals surface area contributed by atoms with Crippen molar-refractivity contribution < 1.29 is 70.2 Å². The minimum absolute atomic E-state index is 0.0853. The highest BCUT2D eigenvalue weighted by Crippen LogP contribution is 2.53. The van der Waals surface area contributed by atoms with Gasteiger partial charge in [0.2, 0.25) is 0 Å². The van der Waals surface area contributed by atoms with Crippen molar-refractivity contribution in [1.82, 2.24) is 0 Å². The van der Waals surface area contributed by atoms with E-state index in [9.17, 15) is 70.2 Å². The fraction of sp³-hybridized carbons (Fsp3) is 0.684. The normalized spacial score (nSPS) is 14.2. The zero-order valence-electron chi connectivity index (χ0n) is 17.4. The molecular formula is C19H16F16. The third-order valence-electron chi connectivity index (χ3n) is 4.85. The van der Waals surface area contributed by atoms with Crippen molar-refractivity contribution in [2.24, 2.45) is 0 Å². The van der Waals surface area contributed by atoms with Gasteiger partial charge in [0.05, 0.1) is 12.0 Å². The molecule has 0 aliphatic carbocycles. The lowest BCUT2D eigenvalue weighted by Crippen LogP contribution is -2.38. The molecule has 0 N–H and O–H groups in total. The lowest BCUT2D eigenvalue weighted by molar-refractivity contribution is -0.290. The van der Waals surface area contributed by atoms with Crippen LogP contribution in [0.15, 0.2) is 0 Å². The van der Waals surface area contributed by atoms with Crippen molar-refractivity contribution in [3.05, 3.63) is 33.4 Å². The van der Waals surface area contributed by atoms with Gasteiger partial charge in [0, 0.05) is 17.5 Å². The first-order valence-corrected chi connectivity index (χ1v) is 9.60. The van der Waals surface area contributed by atoms with Gasteiger partial charge in [0.25, 0.3) is 6.43 Å². The third kappa shape index (κ3) is 7.54. The van der Waals surface area contributed by atoms with Crippen LogP contribution < -0.4 is 0 Å².